The number of nitrogen functional groups attached to an aromatic ring is 1. The lowest BCUT2D eigenvalue weighted by Crippen LogP contribution is -2.54. The molecule has 7 heteroatoms. The highest BCUT2D eigenvalue weighted by Gasteiger charge is 2.29. The van der Waals surface area contributed by atoms with Crippen molar-refractivity contribution in [2.24, 2.45) is 0 Å². The van der Waals surface area contributed by atoms with Crippen molar-refractivity contribution >= 4 is 28.6 Å². The number of fused-ring (bicyclic) bond motifs is 1. The molecule has 2 aliphatic rings. The second kappa shape index (κ2) is 6.09. The number of hydrogen-bond acceptors (Lipinski definition) is 5. The predicted molar refractivity (Wildman–Crippen MR) is 101 cm³/mol. The van der Waals surface area contributed by atoms with Crippen molar-refractivity contribution in [2.75, 3.05) is 23.7 Å². The second-order valence-corrected chi connectivity index (χ2v) is 7.56. The Morgan fingerprint density at radius 1 is 1.27 bits per heavy atom. The number of anilines is 2. The van der Waals surface area contributed by atoms with Crippen LogP contribution in [0, 0.1) is 5.82 Å². The molecule has 0 radical (unpaired) electrons. The van der Waals surface area contributed by atoms with E-state index in [0.717, 1.165) is 12.8 Å². The number of carbonyl (C=O) groups excluding carboxylic acids is 1. The molecule has 1 aromatic carbocycles. The number of nitrogens with zero attached hydrogens (tertiary/aromatic N) is 2. The summed E-state index contributed by atoms with van der Waals surface area (Å²) in [6, 6.07) is 2.40. The van der Waals surface area contributed by atoms with E-state index in [4.69, 9.17) is 5.73 Å². The van der Waals surface area contributed by atoms with Crippen LogP contribution in [0.2, 0.25) is 0 Å². The molecule has 0 unspecified atom stereocenters. The summed E-state index contributed by atoms with van der Waals surface area (Å²) in [6.07, 6.45) is 4.06. The van der Waals surface area contributed by atoms with Gasteiger partial charge < -0.3 is 20.5 Å². The van der Waals surface area contributed by atoms with E-state index in [9.17, 15) is 9.59 Å². The molecule has 1 aromatic heterocycles. The number of aldehydes is 1. The van der Waals surface area contributed by atoms with E-state index in [2.05, 4.69) is 19.2 Å². The Morgan fingerprint density at radius 3 is 2.50 bits per heavy atom. The predicted octanol–water partition coefficient (Wildman–Crippen LogP) is 2.06. The van der Waals surface area contributed by atoms with Gasteiger partial charge in [0.05, 0.1) is 27.8 Å². The zero-order valence-electron chi connectivity index (χ0n) is 15.0. The number of halogens is 1. The van der Waals surface area contributed by atoms with Crippen molar-refractivity contribution in [3.63, 3.8) is 0 Å². The Labute approximate surface area is 150 Å². The molecule has 0 spiro atoms. The third-order valence-electron chi connectivity index (χ3n) is 5.27. The topological polar surface area (TPSA) is 80.4 Å². The lowest BCUT2D eigenvalue weighted by atomic mass is 10.1. The van der Waals surface area contributed by atoms with Crippen molar-refractivity contribution in [1.82, 2.24) is 9.88 Å². The van der Waals surface area contributed by atoms with Crippen LogP contribution in [0.5, 0.6) is 0 Å². The molecule has 138 valence electrons. The molecule has 1 aliphatic carbocycles. The molecule has 0 amide bonds. The normalized spacial score (nSPS) is 23.4. The summed E-state index contributed by atoms with van der Waals surface area (Å²) in [6.45, 7) is 5.43. The third kappa shape index (κ3) is 2.67. The first-order valence-corrected chi connectivity index (χ1v) is 9.03. The van der Waals surface area contributed by atoms with Gasteiger partial charge in [0, 0.05) is 37.4 Å². The highest BCUT2D eigenvalue weighted by molar-refractivity contribution is 5.97. The number of rotatable bonds is 3. The molecule has 2 atom stereocenters. The van der Waals surface area contributed by atoms with E-state index >= 15 is 4.39 Å². The van der Waals surface area contributed by atoms with Gasteiger partial charge in [0.15, 0.2) is 12.1 Å². The van der Waals surface area contributed by atoms with Crippen LogP contribution < -0.4 is 21.4 Å². The molecule has 0 bridgehead atoms. The average molecular weight is 358 g/mol. The Bertz CT molecular complexity index is 941. The van der Waals surface area contributed by atoms with Gasteiger partial charge in [-0.15, -0.1) is 0 Å². The van der Waals surface area contributed by atoms with Crippen LogP contribution in [0.4, 0.5) is 15.8 Å². The minimum Gasteiger partial charge on any atom is -0.396 e. The summed E-state index contributed by atoms with van der Waals surface area (Å²) in [5.74, 6) is -0.582. The van der Waals surface area contributed by atoms with Gasteiger partial charge in [-0.3, -0.25) is 9.59 Å². The van der Waals surface area contributed by atoms with Gasteiger partial charge in [-0.25, -0.2) is 4.39 Å². The van der Waals surface area contributed by atoms with Crippen LogP contribution in [0.1, 0.15) is 43.1 Å². The first-order chi connectivity index (χ1) is 12.4. The summed E-state index contributed by atoms with van der Waals surface area (Å²) >= 11 is 0. The van der Waals surface area contributed by atoms with Crippen molar-refractivity contribution in [2.45, 2.75) is 44.8 Å². The standard InChI is InChI=1S/C19H23FN4O2/c1-10-6-23(7-11(2)22-10)15-5-14-16(18(21)17(15)20)19(26)12(9-25)8-24(14)13-3-4-13/h5,8-11,13,22H,3-4,6-7,21H2,1-2H3/t10-,11+. The van der Waals surface area contributed by atoms with E-state index in [1.165, 1.54) is 0 Å². The summed E-state index contributed by atoms with van der Waals surface area (Å²) in [7, 11) is 0. The first-order valence-electron chi connectivity index (χ1n) is 9.03. The van der Waals surface area contributed by atoms with E-state index in [0.29, 0.717) is 30.6 Å². The summed E-state index contributed by atoms with van der Waals surface area (Å²) in [5, 5.41) is 3.53. The molecule has 2 aromatic rings. The van der Waals surface area contributed by atoms with Crippen molar-refractivity contribution in [1.29, 1.82) is 0 Å². The van der Waals surface area contributed by atoms with E-state index in [1.54, 1.807) is 12.3 Å². The largest absolute Gasteiger partial charge is 0.396 e. The molecular formula is C19H23FN4O2. The van der Waals surface area contributed by atoms with Crippen LogP contribution in [-0.2, 0) is 0 Å². The Balaban J connectivity index is 1.96. The van der Waals surface area contributed by atoms with Gasteiger partial charge in [0.25, 0.3) is 0 Å². The highest BCUT2D eigenvalue weighted by Crippen LogP contribution is 2.39. The smallest absolute Gasteiger partial charge is 0.202 e. The molecule has 26 heavy (non-hydrogen) atoms. The van der Waals surface area contributed by atoms with Crippen LogP contribution in [0.25, 0.3) is 10.9 Å². The summed E-state index contributed by atoms with van der Waals surface area (Å²) in [5.41, 5.74) is 6.44. The molecule has 1 saturated carbocycles. The van der Waals surface area contributed by atoms with Crippen LogP contribution in [0.3, 0.4) is 0 Å². The number of hydrogen-bond donors (Lipinski definition) is 2. The fourth-order valence-electron chi connectivity index (χ4n) is 4.01. The fraction of sp³-hybridized carbons (Fsp3) is 0.474. The molecule has 3 N–H and O–H groups in total. The van der Waals surface area contributed by atoms with Gasteiger partial charge in [-0.1, -0.05) is 0 Å². The average Bonchev–Trinajstić information content (AvgIpc) is 3.42. The number of nitrogens with two attached hydrogens (primary N) is 1. The van der Waals surface area contributed by atoms with E-state index in [1.807, 2.05) is 9.47 Å². The zero-order chi connectivity index (χ0) is 18.6. The Kier molecular flexibility index (Phi) is 3.99. The molecule has 1 aliphatic heterocycles. The maximum atomic E-state index is 15.1. The third-order valence-corrected chi connectivity index (χ3v) is 5.27. The van der Waals surface area contributed by atoms with Gasteiger partial charge >= 0.3 is 0 Å². The monoisotopic (exact) mass is 358 g/mol. The van der Waals surface area contributed by atoms with E-state index in [-0.39, 0.29) is 34.8 Å². The van der Waals surface area contributed by atoms with Crippen molar-refractivity contribution in [3.8, 4) is 0 Å². The zero-order valence-corrected chi connectivity index (χ0v) is 15.0. The number of piperazine rings is 1. The number of aromatic nitrogens is 1. The minimum atomic E-state index is -0.582. The molecular weight excluding hydrogens is 335 g/mol. The van der Waals surface area contributed by atoms with Gasteiger partial charge in [0.1, 0.15) is 0 Å². The number of nitrogens with one attached hydrogen (secondary N) is 1. The number of benzene rings is 1. The molecule has 2 heterocycles. The maximum absolute atomic E-state index is 15.1. The minimum absolute atomic E-state index is 0.0210. The Hall–Kier alpha value is -2.41. The van der Waals surface area contributed by atoms with Crippen molar-refractivity contribution < 1.29 is 9.18 Å². The molecule has 6 nitrogen and oxygen atoms in total. The Morgan fingerprint density at radius 2 is 1.92 bits per heavy atom. The lowest BCUT2D eigenvalue weighted by Gasteiger charge is -2.38. The SMILES string of the molecule is C[C@@H]1CN(c2cc3c(c(N)c2F)c(=O)c(C=O)cn3C2CC2)C[C@H](C)N1. The van der Waals surface area contributed by atoms with Gasteiger partial charge in [-0.05, 0) is 32.8 Å². The summed E-state index contributed by atoms with van der Waals surface area (Å²) in [4.78, 5) is 25.9. The molecule has 4 rings (SSSR count). The maximum Gasteiger partial charge on any atom is 0.202 e. The van der Waals surface area contributed by atoms with Crippen molar-refractivity contribution in [3.05, 3.63) is 33.9 Å². The van der Waals surface area contributed by atoms with E-state index < -0.39 is 11.2 Å². The summed E-state index contributed by atoms with van der Waals surface area (Å²) < 4.78 is 17.0. The van der Waals surface area contributed by atoms with Crippen LogP contribution in [0.15, 0.2) is 17.1 Å². The van der Waals surface area contributed by atoms with Gasteiger partial charge in [0.2, 0.25) is 5.43 Å². The second-order valence-electron chi connectivity index (χ2n) is 7.56. The molecule has 2 fully saturated rings. The number of carbonyl (C=O) groups is 1. The first kappa shape index (κ1) is 17.0. The quantitative estimate of drug-likeness (QED) is 0.648. The lowest BCUT2D eigenvalue weighted by molar-refractivity contribution is 0.112. The van der Waals surface area contributed by atoms with Crippen LogP contribution >= 0.6 is 0 Å². The molecule has 1 saturated heterocycles. The number of pyridine rings is 1. The van der Waals surface area contributed by atoms with Gasteiger partial charge in [-0.2, -0.15) is 0 Å². The fourth-order valence-corrected chi connectivity index (χ4v) is 4.01. The van der Waals surface area contributed by atoms with Crippen LogP contribution in [-0.4, -0.2) is 36.0 Å². The highest BCUT2D eigenvalue weighted by atomic mass is 19.1.